The van der Waals surface area contributed by atoms with E-state index >= 15 is 0 Å². The van der Waals surface area contributed by atoms with E-state index in [0.717, 1.165) is 30.9 Å². The number of hydrogen-bond donors (Lipinski definition) is 1. The Bertz CT molecular complexity index is 1120. The van der Waals surface area contributed by atoms with Gasteiger partial charge in [-0.05, 0) is 29.8 Å². The van der Waals surface area contributed by atoms with Gasteiger partial charge in [0.15, 0.2) is 0 Å². The van der Waals surface area contributed by atoms with Crippen LogP contribution in [0.2, 0.25) is 0 Å². The number of nitrogens with one attached hydrogen (secondary N) is 1. The fraction of sp³-hybridized carbons (Fsp3) is 0.105. The first-order valence-electron chi connectivity index (χ1n) is 8.18. The Balaban J connectivity index is 1.64. The van der Waals surface area contributed by atoms with Gasteiger partial charge in [0.1, 0.15) is 5.82 Å². The number of anilines is 1. The maximum atomic E-state index is 12.4. The van der Waals surface area contributed by atoms with Gasteiger partial charge in [-0.1, -0.05) is 51.5 Å². The number of thiazole rings is 1. The Morgan fingerprint density at radius 1 is 1.19 bits per heavy atom. The second-order valence-electron chi connectivity index (χ2n) is 6.18. The van der Waals surface area contributed by atoms with Gasteiger partial charge in [0.25, 0.3) is 0 Å². The van der Waals surface area contributed by atoms with Crippen molar-refractivity contribution in [3.05, 3.63) is 70.3 Å². The SMILES string of the molecule is O=C1C[C@H](c2cccc(Br)c2)c2cnn(-c3nc4ccccc4s3)c2N1. The quantitative estimate of drug-likeness (QED) is 0.506. The zero-order valence-electron chi connectivity index (χ0n) is 13.5. The summed E-state index contributed by atoms with van der Waals surface area (Å²) in [5.41, 5.74) is 3.05. The first kappa shape index (κ1) is 15.7. The van der Waals surface area contributed by atoms with Crippen LogP contribution in [-0.2, 0) is 4.79 Å². The van der Waals surface area contributed by atoms with Crippen LogP contribution < -0.4 is 5.32 Å². The van der Waals surface area contributed by atoms with E-state index in [0.29, 0.717) is 12.2 Å². The monoisotopic (exact) mass is 424 g/mol. The van der Waals surface area contributed by atoms with Gasteiger partial charge in [-0.3, -0.25) is 4.79 Å². The lowest BCUT2D eigenvalue weighted by Gasteiger charge is -2.23. The molecule has 26 heavy (non-hydrogen) atoms. The van der Waals surface area contributed by atoms with Gasteiger partial charge in [0, 0.05) is 22.4 Å². The second kappa shape index (κ2) is 6.03. The first-order chi connectivity index (χ1) is 12.7. The fourth-order valence-electron chi connectivity index (χ4n) is 3.34. The van der Waals surface area contributed by atoms with Crippen molar-refractivity contribution in [1.29, 1.82) is 0 Å². The second-order valence-corrected chi connectivity index (χ2v) is 8.11. The molecule has 5 nitrogen and oxygen atoms in total. The molecule has 0 fully saturated rings. The molecule has 1 atom stereocenters. The molecule has 1 amide bonds. The van der Waals surface area contributed by atoms with Crippen LogP contribution in [-0.4, -0.2) is 20.7 Å². The molecular weight excluding hydrogens is 412 g/mol. The smallest absolute Gasteiger partial charge is 0.226 e. The third-order valence-corrected chi connectivity index (χ3v) is 6.04. The van der Waals surface area contributed by atoms with Gasteiger partial charge < -0.3 is 5.32 Å². The molecule has 2 aromatic heterocycles. The molecule has 0 radical (unpaired) electrons. The third kappa shape index (κ3) is 2.55. The van der Waals surface area contributed by atoms with Crippen LogP contribution in [0.15, 0.2) is 59.2 Å². The van der Waals surface area contributed by atoms with Crippen LogP contribution in [0.1, 0.15) is 23.5 Å². The van der Waals surface area contributed by atoms with Crippen LogP contribution in [0.25, 0.3) is 15.3 Å². The number of carbonyl (C=O) groups excluding carboxylic acids is 1. The van der Waals surface area contributed by atoms with Gasteiger partial charge in [-0.2, -0.15) is 9.78 Å². The summed E-state index contributed by atoms with van der Waals surface area (Å²) in [6.07, 6.45) is 2.25. The summed E-state index contributed by atoms with van der Waals surface area (Å²) < 4.78 is 3.83. The van der Waals surface area contributed by atoms with Crippen LogP contribution >= 0.6 is 27.3 Å². The number of hydrogen-bond acceptors (Lipinski definition) is 4. The van der Waals surface area contributed by atoms with E-state index in [4.69, 9.17) is 0 Å². The van der Waals surface area contributed by atoms with Crippen molar-refractivity contribution in [1.82, 2.24) is 14.8 Å². The Morgan fingerprint density at radius 3 is 2.92 bits per heavy atom. The van der Waals surface area contributed by atoms with Crippen molar-refractivity contribution in [3.8, 4) is 5.13 Å². The molecule has 2 aromatic carbocycles. The number of halogens is 1. The van der Waals surface area contributed by atoms with Crippen molar-refractivity contribution in [2.45, 2.75) is 12.3 Å². The number of fused-ring (bicyclic) bond motifs is 2. The summed E-state index contributed by atoms with van der Waals surface area (Å²) >= 11 is 5.07. The summed E-state index contributed by atoms with van der Waals surface area (Å²) in [5, 5.41) is 8.27. The molecule has 4 aromatic rings. The summed E-state index contributed by atoms with van der Waals surface area (Å²) in [5.74, 6) is 0.690. The maximum absolute atomic E-state index is 12.4. The van der Waals surface area contributed by atoms with E-state index in [1.165, 1.54) is 0 Å². The lowest BCUT2D eigenvalue weighted by atomic mass is 9.87. The van der Waals surface area contributed by atoms with E-state index < -0.39 is 0 Å². The molecule has 0 aliphatic carbocycles. The van der Waals surface area contributed by atoms with Crippen molar-refractivity contribution >= 4 is 49.2 Å². The van der Waals surface area contributed by atoms with Crippen LogP contribution in [0.4, 0.5) is 5.82 Å². The van der Waals surface area contributed by atoms with Crippen LogP contribution in [0.5, 0.6) is 0 Å². The largest absolute Gasteiger partial charge is 0.310 e. The minimum Gasteiger partial charge on any atom is -0.310 e. The lowest BCUT2D eigenvalue weighted by molar-refractivity contribution is -0.116. The Morgan fingerprint density at radius 2 is 2.08 bits per heavy atom. The highest BCUT2D eigenvalue weighted by atomic mass is 79.9. The highest BCUT2D eigenvalue weighted by Crippen LogP contribution is 2.39. The van der Waals surface area contributed by atoms with Crippen molar-refractivity contribution < 1.29 is 4.79 Å². The average molecular weight is 425 g/mol. The van der Waals surface area contributed by atoms with E-state index in [1.54, 1.807) is 16.0 Å². The molecule has 1 aliphatic rings. The number of para-hydroxylation sites is 1. The average Bonchev–Trinajstić information content (AvgIpc) is 3.24. The molecule has 0 unspecified atom stereocenters. The molecule has 0 bridgehead atoms. The minimum atomic E-state index is -0.0145. The third-order valence-electron chi connectivity index (χ3n) is 4.54. The zero-order chi connectivity index (χ0) is 17.7. The molecule has 0 spiro atoms. The normalized spacial score (nSPS) is 16.5. The highest BCUT2D eigenvalue weighted by Gasteiger charge is 2.31. The van der Waals surface area contributed by atoms with E-state index in [1.807, 2.05) is 48.7 Å². The predicted molar refractivity (Wildman–Crippen MR) is 106 cm³/mol. The van der Waals surface area contributed by atoms with Crippen molar-refractivity contribution in [2.24, 2.45) is 0 Å². The maximum Gasteiger partial charge on any atom is 0.226 e. The van der Waals surface area contributed by atoms with Gasteiger partial charge in [0.2, 0.25) is 11.0 Å². The summed E-state index contributed by atoms with van der Waals surface area (Å²) in [7, 11) is 0. The van der Waals surface area contributed by atoms with Gasteiger partial charge >= 0.3 is 0 Å². The molecule has 0 saturated carbocycles. The number of nitrogens with zero attached hydrogens (tertiary/aromatic N) is 3. The minimum absolute atomic E-state index is 0.00895. The molecule has 1 aliphatic heterocycles. The predicted octanol–water partition coefficient (Wildman–Crippen LogP) is 4.72. The van der Waals surface area contributed by atoms with Crippen molar-refractivity contribution in [3.63, 3.8) is 0 Å². The molecule has 3 heterocycles. The summed E-state index contributed by atoms with van der Waals surface area (Å²) in [6, 6.07) is 16.1. The number of aromatic nitrogens is 3. The lowest BCUT2D eigenvalue weighted by Crippen LogP contribution is -2.24. The Hall–Kier alpha value is -2.51. The topological polar surface area (TPSA) is 59.8 Å². The molecule has 5 rings (SSSR count). The first-order valence-corrected chi connectivity index (χ1v) is 9.79. The van der Waals surface area contributed by atoms with Gasteiger partial charge in [-0.25, -0.2) is 4.98 Å². The Kier molecular flexibility index (Phi) is 3.65. The summed E-state index contributed by atoms with van der Waals surface area (Å²) in [6.45, 7) is 0. The van der Waals surface area contributed by atoms with Gasteiger partial charge in [-0.15, -0.1) is 0 Å². The number of rotatable bonds is 2. The van der Waals surface area contributed by atoms with E-state index in [9.17, 15) is 4.79 Å². The van der Waals surface area contributed by atoms with Crippen LogP contribution in [0.3, 0.4) is 0 Å². The van der Waals surface area contributed by atoms with Gasteiger partial charge in [0.05, 0.1) is 16.4 Å². The van der Waals surface area contributed by atoms with Crippen molar-refractivity contribution in [2.75, 3.05) is 5.32 Å². The molecular formula is C19H13BrN4OS. The summed E-state index contributed by atoms with van der Waals surface area (Å²) in [4.78, 5) is 17.0. The van der Waals surface area contributed by atoms with E-state index in [2.05, 4.69) is 37.4 Å². The number of benzene rings is 2. The zero-order valence-corrected chi connectivity index (χ0v) is 15.9. The number of carbonyl (C=O) groups is 1. The molecule has 0 saturated heterocycles. The molecule has 7 heteroatoms. The molecule has 128 valence electrons. The highest BCUT2D eigenvalue weighted by molar-refractivity contribution is 9.10. The van der Waals surface area contributed by atoms with E-state index in [-0.39, 0.29) is 11.8 Å². The Labute approximate surface area is 161 Å². The standard InChI is InChI=1S/C19H13BrN4OS/c20-12-5-3-4-11(8-12)13-9-17(25)23-18-14(13)10-21-24(18)19-22-15-6-1-2-7-16(15)26-19/h1-8,10,13H,9H2,(H,23,25)/t13-/m1/s1. The fourth-order valence-corrected chi connectivity index (χ4v) is 4.68. The molecule has 1 N–H and O–H groups in total. The number of amides is 1. The van der Waals surface area contributed by atoms with Crippen LogP contribution in [0, 0.1) is 0 Å².